The molecule has 0 fully saturated rings. The van der Waals surface area contributed by atoms with Crippen LogP contribution in [0.25, 0.3) is 0 Å². The third-order valence-electron chi connectivity index (χ3n) is 4.42. The zero-order valence-electron chi connectivity index (χ0n) is 15.2. The first-order valence-corrected chi connectivity index (χ1v) is 11.3. The van der Waals surface area contributed by atoms with Crippen molar-refractivity contribution in [2.24, 2.45) is 4.99 Å². The lowest BCUT2D eigenvalue weighted by Gasteiger charge is -2.19. The molecule has 0 saturated heterocycles. The van der Waals surface area contributed by atoms with Crippen LogP contribution in [-0.4, -0.2) is 36.8 Å². The SMILES string of the molecule is O=C(NCC(c1ncco1)c1ccccc1O)C1=Nc2ccc(I)cc2S(=O)(=O)N1. The molecule has 9 nitrogen and oxygen atoms in total. The van der Waals surface area contributed by atoms with Gasteiger partial charge in [0.05, 0.1) is 17.8 Å². The summed E-state index contributed by atoms with van der Waals surface area (Å²) in [6.45, 7) is -0.00276. The van der Waals surface area contributed by atoms with Crippen LogP contribution in [0.2, 0.25) is 0 Å². The van der Waals surface area contributed by atoms with Gasteiger partial charge < -0.3 is 14.8 Å². The fourth-order valence-corrected chi connectivity index (χ4v) is 4.89. The van der Waals surface area contributed by atoms with Crippen molar-refractivity contribution in [3.8, 4) is 5.75 Å². The Morgan fingerprint density at radius 3 is 2.80 bits per heavy atom. The minimum Gasteiger partial charge on any atom is -0.508 e. The molecule has 11 heteroatoms. The Morgan fingerprint density at radius 1 is 1.27 bits per heavy atom. The molecular formula is C19H15IN4O5S. The third kappa shape index (κ3) is 4.03. The number of oxazole rings is 1. The average molecular weight is 538 g/mol. The second-order valence-corrected chi connectivity index (χ2v) is 9.27. The number of fused-ring (bicyclic) bond motifs is 1. The van der Waals surface area contributed by atoms with Crippen LogP contribution < -0.4 is 10.0 Å². The molecule has 1 aliphatic heterocycles. The van der Waals surface area contributed by atoms with Crippen LogP contribution in [0, 0.1) is 3.57 Å². The molecule has 0 aliphatic carbocycles. The number of para-hydroxylation sites is 1. The summed E-state index contributed by atoms with van der Waals surface area (Å²) in [5.41, 5.74) is 0.690. The number of phenols is 1. The number of amidine groups is 1. The largest absolute Gasteiger partial charge is 0.508 e. The molecule has 3 aromatic rings. The van der Waals surface area contributed by atoms with Gasteiger partial charge in [0, 0.05) is 15.7 Å². The molecular weight excluding hydrogens is 523 g/mol. The lowest BCUT2D eigenvalue weighted by Crippen LogP contribution is -2.45. The zero-order chi connectivity index (χ0) is 21.3. The lowest BCUT2D eigenvalue weighted by atomic mass is 9.98. The van der Waals surface area contributed by atoms with Crippen LogP contribution in [0.5, 0.6) is 5.75 Å². The van der Waals surface area contributed by atoms with E-state index in [1.54, 1.807) is 30.3 Å². The highest BCUT2D eigenvalue weighted by molar-refractivity contribution is 14.1. The van der Waals surface area contributed by atoms with E-state index in [-0.39, 0.29) is 28.7 Å². The van der Waals surface area contributed by atoms with Gasteiger partial charge >= 0.3 is 0 Å². The number of amides is 1. The maximum atomic E-state index is 12.7. The smallest absolute Gasteiger partial charge is 0.287 e. The third-order valence-corrected chi connectivity index (χ3v) is 6.46. The number of carbonyl (C=O) groups is 1. The number of rotatable bonds is 5. The first kappa shape index (κ1) is 20.3. The van der Waals surface area contributed by atoms with E-state index < -0.39 is 21.8 Å². The maximum Gasteiger partial charge on any atom is 0.287 e. The van der Waals surface area contributed by atoms with E-state index in [1.165, 1.54) is 24.6 Å². The maximum absolute atomic E-state index is 12.7. The molecule has 1 atom stereocenters. The Bertz CT molecular complexity index is 1240. The van der Waals surface area contributed by atoms with E-state index in [0.717, 1.165) is 3.57 Å². The van der Waals surface area contributed by atoms with Gasteiger partial charge in [-0.3, -0.25) is 9.52 Å². The number of hydrogen-bond acceptors (Lipinski definition) is 7. The molecule has 4 rings (SSSR count). The Hall–Kier alpha value is -2.93. The molecule has 2 heterocycles. The van der Waals surface area contributed by atoms with Crippen molar-refractivity contribution in [1.29, 1.82) is 0 Å². The number of sulfonamides is 1. The summed E-state index contributed by atoms with van der Waals surface area (Å²) in [4.78, 5) is 20.9. The minimum absolute atomic E-state index is 0.00276. The molecule has 0 spiro atoms. The van der Waals surface area contributed by atoms with Crippen LogP contribution >= 0.6 is 22.6 Å². The second kappa shape index (κ2) is 8.07. The Morgan fingerprint density at radius 2 is 2.07 bits per heavy atom. The first-order chi connectivity index (χ1) is 14.3. The van der Waals surface area contributed by atoms with E-state index in [9.17, 15) is 18.3 Å². The number of phenolic OH excluding ortho intramolecular Hbond substituents is 1. The number of benzene rings is 2. The van der Waals surface area contributed by atoms with Crippen LogP contribution in [0.3, 0.4) is 0 Å². The van der Waals surface area contributed by atoms with Crippen molar-refractivity contribution in [2.45, 2.75) is 10.8 Å². The molecule has 0 saturated carbocycles. The van der Waals surface area contributed by atoms with Crippen molar-refractivity contribution in [1.82, 2.24) is 15.0 Å². The topological polar surface area (TPSA) is 134 Å². The van der Waals surface area contributed by atoms with Crippen LogP contribution in [0.1, 0.15) is 17.4 Å². The average Bonchev–Trinajstić information content (AvgIpc) is 3.24. The van der Waals surface area contributed by atoms with Crippen LogP contribution in [0.4, 0.5) is 5.69 Å². The van der Waals surface area contributed by atoms with Gasteiger partial charge in [0.25, 0.3) is 15.9 Å². The molecule has 1 unspecified atom stereocenters. The van der Waals surface area contributed by atoms with E-state index in [4.69, 9.17) is 4.42 Å². The predicted molar refractivity (Wildman–Crippen MR) is 116 cm³/mol. The number of aromatic hydroxyl groups is 1. The fourth-order valence-electron chi connectivity index (χ4n) is 3.02. The van der Waals surface area contributed by atoms with Gasteiger partial charge in [-0.15, -0.1) is 0 Å². The van der Waals surface area contributed by atoms with Gasteiger partial charge in [-0.2, -0.15) is 0 Å². The molecule has 0 radical (unpaired) electrons. The van der Waals surface area contributed by atoms with Gasteiger partial charge in [0.1, 0.15) is 16.9 Å². The fraction of sp³-hybridized carbons (Fsp3) is 0.105. The minimum atomic E-state index is -3.92. The lowest BCUT2D eigenvalue weighted by molar-refractivity contribution is -0.115. The summed E-state index contributed by atoms with van der Waals surface area (Å²) < 4.78 is 33.3. The number of halogens is 1. The molecule has 2 aromatic carbocycles. The Labute approximate surface area is 185 Å². The normalized spacial score (nSPS) is 15.4. The molecule has 1 aromatic heterocycles. The van der Waals surface area contributed by atoms with Gasteiger partial charge in [-0.25, -0.2) is 18.4 Å². The summed E-state index contributed by atoms with van der Waals surface area (Å²) in [5.74, 6) is -1.32. The van der Waals surface area contributed by atoms with E-state index in [1.807, 2.05) is 22.6 Å². The number of hydrogen-bond donors (Lipinski definition) is 3. The number of aliphatic imine (C=N–C) groups is 1. The highest BCUT2D eigenvalue weighted by Gasteiger charge is 2.30. The zero-order valence-corrected chi connectivity index (χ0v) is 18.2. The molecule has 30 heavy (non-hydrogen) atoms. The van der Waals surface area contributed by atoms with E-state index in [0.29, 0.717) is 11.5 Å². The standard InChI is InChI=1S/C19H15IN4O5S/c20-11-5-6-14-16(9-11)30(27,28)24-17(23-14)18(26)22-10-13(19-21-7-8-29-19)12-3-1-2-4-15(12)25/h1-9,13,25H,10H2,(H,22,26)(H,23,24). The van der Waals surface area contributed by atoms with Crippen molar-refractivity contribution in [3.05, 3.63) is 69.9 Å². The number of nitrogens with zero attached hydrogens (tertiary/aromatic N) is 2. The summed E-state index contributed by atoms with van der Waals surface area (Å²) in [7, 11) is -3.92. The summed E-state index contributed by atoms with van der Waals surface area (Å²) in [5, 5.41) is 12.8. The summed E-state index contributed by atoms with van der Waals surface area (Å²) in [6.07, 6.45) is 2.85. The molecule has 3 N–H and O–H groups in total. The predicted octanol–water partition coefficient (Wildman–Crippen LogP) is 2.25. The monoisotopic (exact) mass is 538 g/mol. The van der Waals surface area contributed by atoms with Crippen molar-refractivity contribution >= 4 is 50.0 Å². The van der Waals surface area contributed by atoms with Crippen LogP contribution in [-0.2, 0) is 14.8 Å². The van der Waals surface area contributed by atoms with E-state index >= 15 is 0 Å². The molecule has 154 valence electrons. The second-order valence-electron chi connectivity index (χ2n) is 6.37. The molecule has 0 bridgehead atoms. The van der Waals surface area contributed by atoms with Gasteiger partial charge in [-0.05, 0) is 46.9 Å². The first-order valence-electron chi connectivity index (χ1n) is 8.72. The number of aromatic nitrogens is 1. The molecule has 1 amide bonds. The number of carbonyl (C=O) groups excluding carboxylic acids is 1. The van der Waals surface area contributed by atoms with Crippen molar-refractivity contribution < 1.29 is 22.7 Å². The Kier molecular flexibility index (Phi) is 5.47. The summed E-state index contributed by atoms with van der Waals surface area (Å²) >= 11 is 2.00. The van der Waals surface area contributed by atoms with Crippen molar-refractivity contribution in [3.63, 3.8) is 0 Å². The highest BCUT2D eigenvalue weighted by atomic mass is 127. The van der Waals surface area contributed by atoms with Crippen LogP contribution in [0.15, 0.2) is 69.2 Å². The van der Waals surface area contributed by atoms with Crippen molar-refractivity contribution in [2.75, 3.05) is 6.54 Å². The van der Waals surface area contributed by atoms with E-state index in [2.05, 4.69) is 20.0 Å². The van der Waals surface area contributed by atoms with Gasteiger partial charge in [0.15, 0.2) is 0 Å². The quantitative estimate of drug-likeness (QED) is 0.427. The van der Waals surface area contributed by atoms with Gasteiger partial charge in [-0.1, -0.05) is 18.2 Å². The van der Waals surface area contributed by atoms with Gasteiger partial charge in [0.2, 0.25) is 11.7 Å². The number of nitrogens with one attached hydrogen (secondary N) is 2. The summed E-state index contributed by atoms with van der Waals surface area (Å²) in [6, 6.07) is 11.3. The molecule has 1 aliphatic rings. The highest BCUT2D eigenvalue weighted by Crippen LogP contribution is 2.31. The Balaban J connectivity index is 1.59.